The van der Waals surface area contributed by atoms with Gasteiger partial charge in [0.15, 0.2) is 0 Å². The van der Waals surface area contributed by atoms with Crippen molar-refractivity contribution in [1.82, 2.24) is 0 Å². The van der Waals surface area contributed by atoms with Gasteiger partial charge in [0, 0.05) is 10.6 Å². The predicted octanol–water partition coefficient (Wildman–Crippen LogP) is 2.29. The predicted molar refractivity (Wildman–Crippen MR) is 74.3 cm³/mol. The van der Waals surface area contributed by atoms with Crippen molar-refractivity contribution in [1.29, 1.82) is 0 Å². The number of esters is 1. The summed E-state index contributed by atoms with van der Waals surface area (Å²) in [6.07, 6.45) is 2.71. The standard InChI is InChI=1S/C13H18N2O2S/c1-17-12(16)7-13(4-5-13)8-18-9-2-3-10(14)11(15)6-9/h2-3,6H,4-5,7-8,14-15H2,1H3. The lowest BCUT2D eigenvalue weighted by molar-refractivity contribution is -0.141. The molecule has 1 saturated carbocycles. The van der Waals surface area contributed by atoms with E-state index in [1.807, 2.05) is 18.2 Å². The van der Waals surface area contributed by atoms with E-state index >= 15 is 0 Å². The van der Waals surface area contributed by atoms with E-state index in [0.717, 1.165) is 23.5 Å². The first-order valence-corrected chi connectivity index (χ1v) is 6.88. The minimum Gasteiger partial charge on any atom is -0.469 e. The van der Waals surface area contributed by atoms with Crippen LogP contribution in [0.3, 0.4) is 0 Å². The van der Waals surface area contributed by atoms with Crippen LogP contribution in [0.15, 0.2) is 23.1 Å². The third-order valence-electron chi connectivity index (χ3n) is 3.31. The fraction of sp³-hybridized carbons (Fsp3) is 0.462. The third-order valence-corrected chi connectivity index (χ3v) is 4.65. The van der Waals surface area contributed by atoms with Crippen LogP contribution in [-0.2, 0) is 9.53 Å². The number of ether oxygens (including phenoxy) is 1. The van der Waals surface area contributed by atoms with Crippen LogP contribution in [0.5, 0.6) is 0 Å². The minimum absolute atomic E-state index is 0.120. The van der Waals surface area contributed by atoms with Gasteiger partial charge in [-0.3, -0.25) is 4.79 Å². The van der Waals surface area contributed by atoms with E-state index in [0.29, 0.717) is 17.8 Å². The van der Waals surface area contributed by atoms with Crippen molar-refractivity contribution in [3.63, 3.8) is 0 Å². The van der Waals surface area contributed by atoms with Crippen molar-refractivity contribution >= 4 is 29.1 Å². The summed E-state index contributed by atoms with van der Waals surface area (Å²) in [6.45, 7) is 0. The Morgan fingerprint density at radius 3 is 2.67 bits per heavy atom. The summed E-state index contributed by atoms with van der Waals surface area (Å²) >= 11 is 1.72. The fourth-order valence-electron chi connectivity index (χ4n) is 1.81. The first kappa shape index (κ1) is 13.1. The first-order chi connectivity index (χ1) is 8.54. The molecule has 0 radical (unpaired) electrons. The number of anilines is 2. The van der Waals surface area contributed by atoms with Gasteiger partial charge < -0.3 is 16.2 Å². The van der Waals surface area contributed by atoms with Gasteiger partial charge in [0.05, 0.1) is 24.9 Å². The smallest absolute Gasteiger partial charge is 0.306 e. The number of thioether (sulfide) groups is 1. The maximum Gasteiger partial charge on any atom is 0.306 e. The van der Waals surface area contributed by atoms with Crippen LogP contribution in [0.4, 0.5) is 11.4 Å². The van der Waals surface area contributed by atoms with Crippen molar-refractivity contribution in [3.05, 3.63) is 18.2 Å². The quantitative estimate of drug-likeness (QED) is 0.485. The number of nitrogen functional groups attached to an aromatic ring is 2. The van der Waals surface area contributed by atoms with Crippen LogP contribution in [-0.4, -0.2) is 18.8 Å². The van der Waals surface area contributed by atoms with Gasteiger partial charge in [0.2, 0.25) is 0 Å². The Labute approximate surface area is 111 Å². The van der Waals surface area contributed by atoms with Crippen molar-refractivity contribution in [2.45, 2.75) is 24.2 Å². The van der Waals surface area contributed by atoms with Gasteiger partial charge in [-0.2, -0.15) is 0 Å². The number of carbonyl (C=O) groups excluding carboxylic acids is 1. The summed E-state index contributed by atoms with van der Waals surface area (Å²) < 4.78 is 4.73. The van der Waals surface area contributed by atoms with Gasteiger partial charge in [-0.15, -0.1) is 11.8 Å². The molecule has 0 spiro atoms. The van der Waals surface area contributed by atoms with Crippen LogP contribution in [0.25, 0.3) is 0 Å². The van der Waals surface area contributed by atoms with E-state index in [1.54, 1.807) is 11.8 Å². The maximum absolute atomic E-state index is 11.3. The summed E-state index contributed by atoms with van der Waals surface area (Å²) in [5, 5.41) is 0. The molecular weight excluding hydrogens is 248 g/mol. The molecule has 1 aliphatic rings. The molecule has 0 bridgehead atoms. The topological polar surface area (TPSA) is 78.3 Å². The molecule has 18 heavy (non-hydrogen) atoms. The number of hydrogen-bond donors (Lipinski definition) is 2. The highest BCUT2D eigenvalue weighted by Crippen LogP contribution is 2.52. The van der Waals surface area contributed by atoms with Gasteiger partial charge in [-0.1, -0.05) is 0 Å². The number of hydrogen-bond acceptors (Lipinski definition) is 5. The normalized spacial score (nSPS) is 16.3. The monoisotopic (exact) mass is 266 g/mol. The van der Waals surface area contributed by atoms with Gasteiger partial charge in [0.25, 0.3) is 0 Å². The Balaban J connectivity index is 1.91. The SMILES string of the molecule is COC(=O)CC1(CSc2ccc(N)c(N)c2)CC1. The summed E-state index contributed by atoms with van der Waals surface area (Å²) in [4.78, 5) is 12.4. The third kappa shape index (κ3) is 3.10. The molecule has 0 unspecified atom stereocenters. The molecule has 0 saturated heterocycles. The molecule has 0 amide bonds. The zero-order chi connectivity index (χ0) is 13.2. The fourth-order valence-corrected chi connectivity index (χ4v) is 3.04. The lowest BCUT2D eigenvalue weighted by atomic mass is 10.1. The second-order valence-electron chi connectivity index (χ2n) is 4.83. The van der Waals surface area contributed by atoms with Gasteiger partial charge in [0.1, 0.15) is 0 Å². The van der Waals surface area contributed by atoms with Gasteiger partial charge in [-0.25, -0.2) is 0 Å². The van der Waals surface area contributed by atoms with E-state index in [2.05, 4.69) is 0 Å². The number of methoxy groups -OCH3 is 1. The zero-order valence-corrected chi connectivity index (χ0v) is 11.3. The Hall–Kier alpha value is -1.36. The molecule has 0 heterocycles. The van der Waals surface area contributed by atoms with Crippen LogP contribution in [0.1, 0.15) is 19.3 Å². The number of nitrogens with two attached hydrogens (primary N) is 2. The van der Waals surface area contributed by atoms with Crippen LogP contribution in [0.2, 0.25) is 0 Å². The average molecular weight is 266 g/mol. The Bertz CT molecular complexity index is 458. The maximum atomic E-state index is 11.3. The molecule has 4 nitrogen and oxygen atoms in total. The summed E-state index contributed by atoms with van der Waals surface area (Å²) in [6, 6.07) is 5.66. The summed E-state index contributed by atoms with van der Waals surface area (Å²) in [5.74, 6) is 0.802. The Morgan fingerprint density at radius 2 is 2.11 bits per heavy atom. The van der Waals surface area contributed by atoms with E-state index in [1.165, 1.54) is 7.11 Å². The lowest BCUT2D eigenvalue weighted by Gasteiger charge is -2.13. The molecule has 1 aliphatic carbocycles. The highest BCUT2D eigenvalue weighted by molar-refractivity contribution is 7.99. The van der Waals surface area contributed by atoms with Crippen molar-refractivity contribution in [3.8, 4) is 0 Å². The number of carbonyl (C=O) groups is 1. The van der Waals surface area contributed by atoms with E-state index < -0.39 is 0 Å². The van der Waals surface area contributed by atoms with E-state index in [-0.39, 0.29) is 11.4 Å². The van der Waals surface area contributed by atoms with E-state index in [9.17, 15) is 4.79 Å². The average Bonchev–Trinajstić information content (AvgIpc) is 3.11. The van der Waals surface area contributed by atoms with E-state index in [4.69, 9.17) is 16.2 Å². The van der Waals surface area contributed by atoms with Crippen molar-refractivity contribution in [2.24, 2.45) is 5.41 Å². The summed E-state index contributed by atoms with van der Waals surface area (Å²) in [7, 11) is 1.44. The Kier molecular flexibility index (Phi) is 3.71. The molecule has 0 atom stereocenters. The van der Waals surface area contributed by atoms with Crippen LogP contribution >= 0.6 is 11.8 Å². The number of rotatable bonds is 5. The molecule has 2 rings (SSSR count). The molecule has 0 aromatic heterocycles. The second kappa shape index (κ2) is 5.10. The Morgan fingerprint density at radius 1 is 1.39 bits per heavy atom. The number of benzene rings is 1. The summed E-state index contributed by atoms with van der Waals surface area (Å²) in [5.41, 5.74) is 12.8. The highest BCUT2D eigenvalue weighted by atomic mass is 32.2. The van der Waals surface area contributed by atoms with Gasteiger partial charge >= 0.3 is 5.97 Å². The molecule has 1 fully saturated rings. The van der Waals surface area contributed by atoms with Crippen molar-refractivity contribution in [2.75, 3.05) is 24.3 Å². The highest BCUT2D eigenvalue weighted by Gasteiger charge is 2.44. The minimum atomic E-state index is -0.120. The molecule has 0 aliphatic heterocycles. The van der Waals surface area contributed by atoms with Crippen LogP contribution < -0.4 is 11.5 Å². The largest absolute Gasteiger partial charge is 0.469 e. The molecular formula is C13H18N2O2S. The van der Waals surface area contributed by atoms with Crippen molar-refractivity contribution < 1.29 is 9.53 Å². The molecule has 5 heteroatoms. The zero-order valence-electron chi connectivity index (χ0n) is 10.4. The molecule has 98 valence electrons. The lowest BCUT2D eigenvalue weighted by Crippen LogP contribution is -2.13. The first-order valence-electron chi connectivity index (χ1n) is 5.89. The molecule has 1 aromatic carbocycles. The molecule has 1 aromatic rings. The molecule has 4 N–H and O–H groups in total. The van der Waals surface area contributed by atoms with Crippen LogP contribution in [0, 0.1) is 5.41 Å². The van der Waals surface area contributed by atoms with Gasteiger partial charge in [-0.05, 0) is 36.5 Å². The second-order valence-corrected chi connectivity index (χ2v) is 5.88.